The Bertz CT molecular complexity index is 883. The average molecular weight is 318 g/mol. The molecule has 0 atom stereocenters. The molecule has 3 aromatic heterocycles. The van der Waals surface area contributed by atoms with Gasteiger partial charge in [-0.25, -0.2) is 9.67 Å². The molecule has 0 unspecified atom stereocenters. The fourth-order valence-corrected chi connectivity index (χ4v) is 2.52. The molecule has 22 heavy (non-hydrogen) atoms. The Kier molecular flexibility index (Phi) is 3.85. The van der Waals surface area contributed by atoms with Gasteiger partial charge in [0.15, 0.2) is 0 Å². The van der Waals surface area contributed by atoms with Crippen molar-refractivity contribution in [1.82, 2.24) is 19.2 Å². The fraction of sp³-hybridized carbons (Fsp3) is 0.267. The van der Waals surface area contributed by atoms with E-state index in [4.69, 9.17) is 11.6 Å². The largest absolute Gasteiger partial charge is 0.382 e. The molecule has 0 spiro atoms. The van der Waals surface area contributed by atoms with Gasteiger partial charge < -0.3 is 9.72 Å². The predicted octanol–water partition coefficient (Wildman–Crippen LogP) is 2.04. The molecular weight excluding hydrogens is 302 g/mol. The van der Waals surface area contributed by atoms with Crippen molar-refractivity contribution in [2.45, 2.75) is 13.3 Å². The zero-order valence-electron chi connectivity index (χ0n) is 12.4. The number of nitrogens with one attached hydrogen (secondary N) is 1. The SMILES string of the molecule is Cc1cccn2cc(CCNc3cnn(C)c(=O)c3Cl)nc12. The molecule has 7 heteroatoms. The van der Waals surface area contributed by atoms with Crippen molar-refractivity contribution in [2.24, 2.45) is 7.05 Å². The van der Waals surface area contributed by atoms with E-state index in [-0.39, 0.29) is 10.6 Å². The van der Waals surface area contributed by atoms with E-state index < -0.39 is 0 Å². The number of pyridine rings is 1. The van der Waals surface area contributed by atoms with Crippen molar-refractivity contribution >= 4 is 22.9 Å². The van der Waals surface area contributed by atoms with E-state index in [1.165, 1.54) is 4.68 Å². The fourth-order valence-electron chi connectivity index (χ4n) is 2.28. The van der Waals surface area contributed by atoms with Gasteiger partial charge in [-0.3, -0.25) is 4.79 Å². The van der Waals surface area contributed by atoms with Crippen LogP contribution in [-0.4, -0.2) is 25.7 Å². The summed E-state index contributed by atoms with van der Waals surface area (Å²) in [5.41, 5.74) is 3.32. The van der Waals surface area contributed by atoms with Crippen LogP contribution in [0.1, 0.15) is 11.3 Å². The number of aryl methyl sites for hydroxylation is 2. The summed E-state index contributed by atoms with van der Waals surface area (Å²) in [6, 6.07) is 4.03. The standard InChI is InChI=1S/C15H16ClN5O/c1-10-4-3-7-21-9-11(19-14(10)21)5-6-17-12-8-18-20(2)15(22)13(12)16/h3-4,7-9,17H,5-6H2,1-2H3. The van der Waals surface area contributed by atoms with E-state index in [1.54, 1.807) is 13.2 Å². The van der Waals surface area contributed by atoms with Gasteiger partial charge in [0.1, 0.15) is 10.7 Å². The normalized spacial score (nSPS) is 11.0. The monoisotopic (exact) mass is 317 g/mol. The van der Waals surface area contributed by atoms with E-state index in [0.29, 0.717) is 12.2 Å². The van der Waals surface area contributed by atoms with Gasteiger partial charge in [0, 0.05) is 32.4 Å². The van der Waals surface area contributed by atoms with Crippen LogP contribution in [0.3, 0.4) is 0 Å². The molecule has 3 aromatic rings. The maximum atomic E-state index is 11.7. The van der Waals surface area contributed by atoms with Crippen molar-refractivity contribution in [3.63, 3.8) is 0 Å². The van der Waals surface area contributed by atoms with E-state index in [2.05, 4.69) is 15.4 Å². The Morgan fingerprint density at radius 1 is 1.41 bits per heavy atom. The van der Waals surface area contributed by atoms with Crippen molar-refractivity contribution in [3.05, 3.63) is 57.4 Å². The lowest BCUT2D eigenvalue weighted by Gasteiger charge is -2.07. The van der Waals surface area contributed by atoms with Crippen molar-refractivity contribution < 1.29 is 0 Å². The highest BCUT2D eigenvalue weighted by Crippen LogP contribution is 2.15. The van der Waals surface area contributed by atoms with Gasteiger partial charge in [-0.2, -0.15) is 5.10 Å². The molecule has 1 N–H and O–H groups in total. The molecule has 0 aromatic carbocycles. The van der Waals surface area contributed by atoms with Crippen LogP contribution in [-0.2, 0) is 13.5 Å². The van der Waals surface area contributed by atoms with Gasteiger partial charge in [-0.05, 0) is 18.6 Å². The Morgan fingerprint density at radius 3 is 3.00 bits per heavy atom. The number of fused-ring (bicyclic) bond motifs is 1. The third kappa shape index (κ3) is 2.69. The lowest BCUT2D eigenvalue weighted by molar-refractivity contribution is 0.708. The van der Waals surface area contributed by atoms with E-state index in [1.807, 2.05) is 35.9 Å². The lowest BCUT2D eigenvalue weighted by Crippen LogP contribution is -2.21. The maximum Gasteiger partial charge on any atom is 0.287 e. The number of hydrogen-bond acceptors (Lipinski definition) is 4. The second-order valence-corrected chi connectivity index (χ2v) is 5.51. The summed E-state index contributed by atoms with van der Waals surface area (Å²) < 4.78 is 3.22. The minimum atomic E-state index is -0.310. The van der Waals surface area contributed by atoms with Gasteiger partial charge in [0.25, 0.3) is 5.56 Å². The summed E-state index contributed by atoms with van der Waals surface area (Å²) in [6.07, 6.45) is 6.27. The van der Waals surface area contributed by atoms with Crippen LogP contribution in [0.2, 0.25) is 5.02 Å². The number of halogens is 1. The van der Waals surface area contributed by atoms with Crippen molar-refractivity contribution in [3.8, 4) is 0 Å². The summed E-state index contributed by atoms with van der Waals surface area (Å²) in [6.45, 7) is 2.66. The first kappa shape index (κ1) is 14.6. The van der Waals surface area contributed by atoms with Gasteiger partial charge in [0.2, 0.25) is 0 Å². The molecular formula is C15H16ClN5O. The first-order valence-corrected chi connectivity index (χ1v) is 7.33. The Hall–Kier alpha value is -2.34. The molecule has 0 aliphatic rings. The van der Waals surface area contributed by atoms with Crippen molar-refractivity contribution in [2.75, 3.05) is 11.9 Å². The summed E-state index contributed by atoms with van der Waals surface area (Å²) in [7, 11) is 1.57. The Labute approximate surface area is 132 Å². The molecule has 0 saturated carbocycles. The van der Waals surface area contributed by atoms with Crippen LogP contribution in [0.4, 0.5) is 5.69 Å². The summed E-state index contributed by atoms with van der Waals surface area (Å²) in [5, 5.41) is 7.24. The zero-order valence-corrected chi connectivity index (χ0v) is 13.1. The van der Waals surface area contributed by atoms with Crippen LogP contribution in [0, 0.1) is 6.92 Å². The molecule has 0 aliphatic carbocycles. The van der Waals surface area contributed by atoms with Gasteiger partial charge in [-0.15, -0.1) is 0 Å². The minimum Gasteiger partial charge on any atom is -0.382 e. The first-order valence-electron chi connectivity index (χ1n) is 6.95. The molecule has 114 valence electrons. The molecule has 0 amide bonds. The number of rotatable bonds is 4. The van der Waals surface area contributed by atoms with Crippen LogP contribution >= 0.6 is 11.6 Å². The highest BCUT2D eigenvalue weighted by atomic mass is 35.5. The second kappa shape index (κ2) is 5.81. The third-order valence-electron chi connectivity index (χ3n) is 3.50. The highest BCUT2D eigenvalue weighted by Gasteiger charge is 2.08. The Balaban J connectivity index is 1.71. The van der Waals surface area contributed by atoms with Gasteiger partial charge in [0.05, 0.1) is 17.6 Å². The highest BCUT2D eigenvalue weighted by molar-refractivity contribution is 6.32. The quantitative estimate of drug-likeness (QED) is 0.800. The number of anilines is 1. The molecule has 6 nitrogen and oxygen atoms in total. The molecule has 0 aliphatic heterocycles. The molecule has 0 saturated heterocycles. The van der Waals surface area contributed by atoms with Gasteiger partial charge in [-0.1, -0.05) is 17.7 Å². The summed E-state index contributed by atoms with van der Waals surface area (Å²) >= 11 is 6.01. The smallest absolute Gasteiger partial charge is 0.287 e. The summed E-state index contributed by atoms with van der Waals surface area (Å²) in [4.78, 5) is 16.3. The van der Waals surface area contributed by atoms with Crippen LogP contribution < -0.4 is 10.9 Å². The number of imidazole rings is 1. The predicted molar refractivity (Wildman–Crippen MR) is 86.6 cm³/mol. The number of aromatic nitrogens is 4. The maximum absolute atomic E-state index is 11.7. The third-order valence-corrected chi connectivity index (χ3v) is 3.87. The molecule has 0 fully saturated rings. The molecule has 3 heterocycles. The van der Waals surface area contributed by atoms with Crippen molar-refractivity contribution in [1.29, 1.82) is 0 Å². The number of hydrogen-bond donors (Lipinski definition) is 1. The van der Waals surface area contributed by atoms with Crippen LogP contribution in [0.5, 0.6) is 0 Å². The second-order valence-electron chi connectivity index (χ2n) is 5.13. The molecule has 3 rings (SSSR count). The average Bonchev–Trinajstić information content (AvgIpc) is 2.92. The van der Waals surface area contributed by atoms with E-state index >= 15 is 0 Å². The van der Waals surface area contributed by atoms with Crippen LogP contribution in [0.15, 0.2) is 35.5 Å². The molecule has 0 bridgehead atoms. The topological polar surface area (TPSA) is 64.2 Å². The van der Waals surface area contributed by atoms with E-state index in [0.717, 1.165) is 23.3 Å². The number of nitrogens with zero attached hydrogens (tertiary/aromatic N) is 4. The first-order chi connectivity index (χ1) is 10.6. The zero-order chi connectivity index (χ0) is 15.7. The van der Waals surface area contributed by atoms with E-state index in [9.17, 15) is 4.79 Å². The van der Waals surface area contributed by atoms with Gasteiger partial charge >= 0.3 is 0 Å². The lowest BCUT2D eigenvalue weighted by atomic mass is 10.3. The minimum absolute atomic E-state index is 0.156. The molecule has 0 radical (unpaired) electrons. The summed E-state index contributed by atoms with van der Waals surface area (Å²) in [5.74, 6) is 0. The van der Waals surface area contributed by atoms with Crippen LogP contribution in [0.25, 0.3) is 5.65 Å². The Morgan fingerprint density at radius 2 is 2.23 bits per heavy atom.